The molecule has 2 N–H and O–H groups in total. The van der Waals surface area contributed by atoms with Crippen LogP contribution in [-0.4, -0.2) is 40.5 Å². The molecule has 1 fully saturated rings. The predicted octanol–water partition coefficient (Wildman–Crippen LogP) is 2.53. The fourth-order valence-corrected chi connectivity index (χ4v) is 2.77. The molecule has 1 aliphatic heterocycles. The zero-order chi connectivity index (χ0) is 14.1. The van der Waals surface area contributed by atoms with Gasteiger partial charge in [0.1, 0.15) is 0 Å². The van der Waals surface area contributed by atoms with E-state index in [-0.39, 0.29) is 17.3 Å². The average Bonchev–Trinajstić information content (AvgIpc) is 2.92. The van der Waals surface area contributed by atoms with Gasteiger partial charge in [-0.3, -0.25) is 9.69 Å². The molecule has 0 amide bonds. The van der Waals surface area contributed by atoms with Crippen molar-refractivity contribution in [2.75, 3.05) is 19.6 Å². The van der Waals surface area contributed by atoms with Crippen LogP contribution in [-0.2, 0) is 0 Å². The van der Waals surface area contributed by atoms with Crippen molar-refractivity contribution in [2.45, 2.75) is 12.8 Å². The quantitative estimate of drug-likeness (QED) is 0.665. The summed E-state index contributed by atoms with van der Waals surface area (Å²) < 4.78 is 0. The standard InChI is InChI=1S/C16H17NO3/c18-14-8-11-4-3-5-12(13(11)9-15(14)19)16(20)10-17-6-1-2-7-17/h3-5,8-9,18-19H,1-2,6-7,10H2. The fraction of sp³-hybridized carbons (Fsp3) is 0.312. The van der Waals surface area contributed by atoms with Gasteiger partial charge in [0.15, 0.2) is 17.3 Å². The van der Waals surface area contributed by atoms with E-state index in [4.69, 9.17) is 0 Å². The maximum Gasteiger partial charge on any atom is 0.177 e. The van der Waals surface area contributed by atoms with E-state index in [0.29, 0.717) is 17.5 Å². The summed E-state index contributed by atoms with van der Waals surface area (Å²) >= 11 is 0. The van der Waals surface area contributed by atoms with Crippen LogP contribution in [0, 0.1) is 0 Å². The van der Waals surface area contributed by atoms with E-state index < -0.39 is 0 Å². The Labute approximate surface area is 117 Å². The van der Waals surface area contributed by atoms with Crippen molar-refractivity contribution in [3.05, 3.63) is 35.9 Å². The Hall–Kier alpha value is -2.07. The number of carbonyl (C=O) groups is 1. The van der Waals surface area contributed by atoms with E-state index in [2.05, 4.69) is 4.90 Å². The van der Waals surface area contributed by atoms with Gasteiger partial charge in [0.2, 0.25) is 0 Å². The molecular formula is C16H17NO3. The Kier molecular flexibility index (Phi) is 3.32. The Balaban J connectivity index is 1.97. The van der Waals surface area contributed by atoms with Gasteiger partial charge in [-0.2, -0.15) is 0 Å². The molecule has 4 nitrogen and oxygen atoms in total. The monoisotopic (exact) mass is 271 g/mol. The zero-order valence-corrected chi connectivity index (χ0v) is 11.2. The number of nitrogens with zero attached hydrogens (tertiary/aromatic N) is 1. The van der Waals surface area contributed by atoms with Gasteiger partial charge in [-0.25, -0.2) is 0 Å². The maximum atomic E-state index is 12.4. The van der Waals surface area contributed by atoms with Crippen LogP contribution in [0.3, 0.4) is 0 Å². The van der Waals surface area contributed by atoms with Crippen molar-refractivity contribution in [3.8, 4) is 11.5 Å². The molecule has 0 aromatic heterocycles. The first-order valence-electron chi connectivity index (χ1n) is 6.85. The van der Waals surface area contributed by atoms with E-state index in [1.807, 2.05) is 6.07 Å². The third kappa shape index (κ3) is 2.34. The van der Waals surface area contributed by atoms with Gasteiger partial charge >= 0.3 is 0 Å². The van der Waals surface area contributed by atoms with E-state index in [1.165, 1.54) is 12.1 Å². The summed E-state index contributed by atoms with van der Waals surface area (Å²) in [5.41, 5.74) is 0.602. The van der Waals surface area contributed by atoms with Gasteiger partial charge in [0.25, 0.3) is 0 Å². The van der Waals surface area contributed by atoms with E-state index >= 15 is 0 Å². The van der Waals surface area contributed by atoms with Gasteiger partial charge in [0.05, 0.1) is 6.54 Å². The lowest BCUT2D eigenvalue weighted by atomic mass is 10.0. The zero-order valence-electron chi connectivity index (χ0n) is 11.2. The topological polar surface area (TPSA) is 60.8 Å². The lowest BCUT2D eigenvalue weighted by Crippen LogP contribution is -2.26. The van der Waals surface area contributed by atoms with Crippen molar-refractivity contribution in [1.82, 2.24) is 4.90 Å². The number of phenolic OH excluding ortho intramolecular Hbond substituents is 2. The second-order valence-electron chi connectivity index (χ2n) is 5.27. The molecule has 0 aliphatic carbocycles. The predicted molar refractivity (Wildman–Crippen MR) is 77.3 cm³/mol. The van der Waals surface area contributed by atoms with Gasteiger partial charge in [-0.1, -0.05) is 18.2 Å². The first-order valence-corrected chi connectivity index (χ1v) is 6.85. The number of carbonyl (C=O) groups excluding carboxylic acids is 1. The number of rotatable bonds is 3. The molecular weight excluding hydrogens is 254 g/mol. The molecule has 0 atom stereocenters. The number of phenols is 2. The van der Waals surface area contributed by atoms with Crippen molar-refractivity contribution < 1.29 is 15.0 Å². The van der Waals surface area contributed by atoms with Crippen LogP contribution in [0.5, 0.6) is 11.5 Å². The van der Waals surface area contributed by atoms with Gasteiger partial charge < -0.3 is 10.2 Å². The maximum absolute atomic E-state index is 12.4. The molecule has 3 rings (SSSR count). The van der Waals surface area contributed by atoms with Crippen LogP contribution in [0.15, 0.2) is 30.3 Å². The summed E-state index contributed by atoms with van der Waals surface area (Å²) in [4.78, 5) is 14.6. The summed E-state index contributed by atoms with van der Waals surface area (Å²) in [6, 6.07) is 8.34. The highest BCUT2D eigenvalue weighted by molar-refractivity contribution is 6.09. The van der Waals surface area contributed by atoms with E-state index in [0.717, 1.165) is 31.3 Å². The number of Topliss-reactive ketones (excluding diaryl/α,β-unsaturated/α-hetero) is 1. The second kappa shape index (κ2) is 5.13. The van der Waals surface area contributed by atoms with Crippen molar-refractivity contribution in [2.24, 2.45) is 0 Å². The minimum Gasteiger partial charge on any atom is -0.504 e. The minimum absolute atomic E-state index is 0.0580. The highest BCUT2D eigenvalue weighted by Gasteiger charge is 2.18. The number of likely N-dealkylation sites (tertiary alicyclic amines) is 1. The van der Waals surface area contributed by atoms with Crippen LogP contribution in [0.4, 0.5) is 0 Å². The summed E-state index contributed by atoms with van der Waals surface area (Å²) in [5.74, 6) is -0.303. The first-order chi connectivity index (χ1) is 9.65. The number of hydrogen-bond donors (Lipinski definition) is 2. The molecule has 20 heavy (non-hydrogen) atoms. The Morgan fingerprint density at radius 1 is 1.10 bits per heavy atom. The SMILES string of the molecule is O=C(CN1CCCC1)c1cccc2cc(O)c(O)cc12. The highest BCUT2D eigenvalue weighted by atomic mass is 16.3. The van der Waals surface area contributed by atoms with Gasteiger partial charge in [-0.15, -0.1) is 0 Å². The smallest absolute Gasteiger partial charge is 0.177 e. The molecule has 0 unspecified atom stereocenters. The summed E-state index contributed by atoms with van der Waals surface area (Å²) in [7, 11) is 0. The number of fused-ring (bicyclic) bond motifs is 1. The minimum atomic E-state index is -0.195. The van der Waals surface area contributed by atoms with Crippen LogP contribution in [0.2, 0.25) is 0 Å². The normalized spacial score (nSPS) is 15.8. The van der Waals surface area contributed by atoms with E-state index in [1.54, 1.807) is 12.1 Å². The number of benzene rings is 2. The molecule has 2 aromatic carbocycles. The average molecular weight is 271 g/mol. The van der Waals surface area contributed by atoms with Crippen molar-refractivity contribution in [1.29, 1.82) is 0 Å². The molecule has 1 aliphatic rings. The molecule has 1 saturated heterocycles. The molecule has 2 aromatic rings. The van der Waals surface area contributed by atoms with Gasteiger partial charge in [0, 0.05) is 5.56 Å². The second-order valence-corrected chi connectivity index (χ2v) is 5.27. The lowest BCUT2D eigenvalue weighted by molar-refractivity contribution is 0.0947. The number of ketones is 1. The van der Waals surface area contributed by atoms with Gasteiger partial charge in [-0.05, 0) is 48.8 Å². The fourth-order valence-electron chi connectivity index (χ4n) is 2.77. The Morgan fingerprint density at radius 3 is 2.55 bits per heavy atom. The molecule has 1 heterocycles. The molecule has 104 valence electrons. The largest absolute Gasteiger partial charge is 0.504 e. The molecule has 0 saturated carbocycles. The van der Waals surface area contributed by atoms with Crippen LogP contribution in [0.25, 0.3) is 10.8 Å². The summed E-state index contributed by atoms with van der Waals surface area (Å²) in [6.07, 6.45) is 2.30. The third-order valence-electron chi connectivity index (χ3n) is 3.84. The lowest BCUT2D eigenvalue weighted by Gasteiger charge is -2.14. The molecule has 4 heteroatoms. The molecule has 0 spiro atoms. The van der Waals surface area contributed by atoms with Crippen molar-refractivity contribution in [3.63, 3.8) is 0 Å². The summed E-state index contributed by atoms with van der Waals surface area (Å²) in [6.45, 7) is 2.37. The highest BCUT2D eigenvalue weighted by Crippen LogP contribution is 2.32. The third-order valence-corrected chi connectivity index (χ3v) is 3.84. The summed E-state index contributed by atoms with van der Waals surface area (Å²) in [5, 5.41) is 20.6. The Bertz CT molecular complexity index is 660. The van der Waals surface area contributed by atoms with Crippen molar-refractivity contribution >= 4 is 16.6 Å². The number of hydrogen-bond acceptors (Lipinski definition) is 4. The Morgan fingerprint density at radius 2 is 1.80 bits per heavy atom. The van der Waals surface area contributed by atoms with E-state index in [9.17, 15) is 15.0 Å². The van der Waals surface area contributed by atoms with Crippen LogP contribution in [0.1, 0.15) is 23.2 Å². The molecule has 0 radical (unpaired) electrons. The van der Waals surface area contributed by atoms with Crippen LogP contribution < -0.4 is 0 Å². The number of aromatic hydroxyl groups is 2. The van der Waals surface area contributed by atoms with Crippen LogP contribution >= 0.6 is 0 Å². The first kappa shape index (κ1) is 12.9. The molecule has 0 bridgehead atoms.